The second-order valence-electron chi connectivity index (χ2n) is 4.98. The van der Waals surface area contributed by atoms with E-state index < -0.39 is 11.7 Å². The second-order valence-corrected chi connectivity index (χ2v) is 6.22. The minimum atomic E-state index is -4.30. The average Bonchev–Trinajstić information content (AvgIpc) is 2.74. The Balaban J connectivity index is 2.05. The third-order valence-electron chi connectivity index (χ3n) is 3.20. The van der Waals surface area contributed by atoms with E-state index in [1.165, 1.54) is 12.1 Å². The molecule has 0 aliphatic heterocycles. The van der Waals surface area contributed by atoms with Gasteiger partial charge in [-0.1, -0.05) is 18.2 Å². The van der Waals surface area contributed by atoms with Gasteiger partial charge in [-0.3, -0.25) is 0 Å². The Hall–Kier alpha value is -1.40. The summed E-state index contributed by atoms with van der Waals surface area (Å²) in [5.74, 6) is 0. The first-order valence-corrected chi connectivity index (χ1v) is 7.42. The number of hydrogen-bond acceptors (Lipinski definition) is 3. The molecule has 2 nitrogen and oxygen atoms in total. The van der Waals surface area contributed by atoms with Gasteiger partial charge in [0.2, 0.25) is 0 Å². The van der Waals surface area contributed by atoms with Crippen molar-refractivity contribution in [3.8, 4) is 0 Å². The largest absolute Gasteiger partial charge is 0.416 e. The van der Waals surface area contributed by atoms with Gasteiger partial charge < -0.3 is 5.32 Å². The Morgan fingerprint density at radius 1 is 1.29 bits per heavy atom. The van der Waals surface area contributed by atoms with Gasteiger partial charge in [-0.2, -0.15) is 13.2 Å². The number of alkyl halides is 3. The average molecular weight is 314 g/mol. The normalized spacial score (nSPS) is 13.4. The molecule has 1 aromatic heterocycles. The predicted molar refractivity (Wildman–Crippen MR) is 78.3 cm³/mol. The minimum Gasteiger partial charge on any atom is -0.305 e. The molecule has 0 aliphatic rings. The maximum absolute atomic E-state index is 12.7. The van der Waals surface area contributed by atoms with Crippen molar-refractivity contribution in [1.82, 2.24) is 10.3 Å². The van der Waals surface area contributed by atoms with E-state index in [1.54, 1.807) is 17.4 Å². The first kappa shape index (κ1) is 16.0. The van der Waals surface area contributed by atoms with Crippen LogP contribution >= 0.6 is 11.3 Å². The number of aryl methyl sites for hydroxylation is 2. The summed E-state index contributed by atoms with van der Waals surface area (Å²) < 4.78 is 38.0. The van der Waals surface area contributed by atoms with Crippen molar-refractivity contribution in [2.24, 2.45) is 0 Å². The van der Waals surface area contributed by atoms with Gasteiger partial charge >= 0.3 is 6.18 Å². The number of nitrogens with one attached hydrogen (secondary N) is 1. The monoisotopic (exact) mass is 314 g/mol. The maximum Gasteiger partial charge on any atom is 0.416 e. The molecule has 1 unspecified atom stereocenters. The van der Waals surface area contributed by atoms with Gasteiger partial charge in [0.25, 0.3) is 0 Å². The molecule has 1 heterocycles. The molecule has 0 bridgehead atoms. The highest BCUT2D eigenvalue weighted by atomic mass is 32.1. The third-order valence-corrected chi connectivity index (χ3v) is 4.45. The molecule has 6 heteroatoms. The third kappa shape index (κ3) is 4.04. The van der Waals surface area contributed by atoms with Gasteiger partial charge in [0, 0.05) is 17.5 Å². The quantitative estimate of drug-likeness (QED) is 0.890. The first-order valence-electron chi connectivity index (χ1n) is 6.61. The van der Waals surface area contributed by atoms with E-state index in [9.17, 15) is 13.2 Å². The molecule has 0 radical (unpaired) electrons. The molecule has 0 spiro atoms. The highest BCUT2D eigenvalue weighted by Crippen LogP contribution is 2.30. The molecule has 21 heavy (non-hydrogen) atoms. The molecular formula is C15H17F3N2S. The molecule has 0 fully saturated rings. The molecule has 0 aliphatic carbocycles. The van der Waals surface area contributed by atoms with Gasteiger partial charge in [-0.15, -0.1) is 11.3 Å². The van der Waals surface area contributed by atoms with Crippen LogP contribution in [0.1, 0.15) is 39.7 Å². The van der Waals surface area contributed by atoms with Crippen LogP contribution < -0.4 is 5.32 Å². The topological polar surface area (TPSA) is 24.9 Å². The van der Waals surface area contributed by atoms with Crippen LogP contribution in [0, 0.1) is 13.8 Å². The van der Waals surface area contributed by atoms with Crippen LogP contribution in [0.5, 0.6) is 0 Å². The Bertz CT molecular complexity index is 620. The Kier molecular flexibility index (Phi) is 4.68. The Morgan fingerprint density at radius 2 is 2.00 bits per heavy atom. The van der Waals surface area contributed by atoms with Crippen molar-refractivity contribution < 1.29 is 13.2 Å². The fourth-order valence-corrected chi connectivity index (χ4v) is 3.12. The lowest BCUT2D eigenvalue weighted by atomic mass is 10.1. The van der Waals surface area contributed by atoms with Crippen molar-refractivity contribution >= 4 is 11.3 Å². The number of halogens is 3. The van der Waals surface area contributed by atoms with Crippen LogP contribution in [0.3, 0.4) is 0 Å². The zero-order chi connectivity index (χ0) is 15.6. The highest BCUT2D eigenvalue weighted by Gasteiger charge is 2.30. The second kappa shape index (κ2) is 6.15. The van der Waals surface area contributed by atoms with E-state index in [4.69, 9.17) is 0 Å². The van der Waals surface area contributed by atoms with Crippen LogP contribution in [-0.2, 0) is 12.7 Å². The fraction of sp³-hybridized carbons (Fsp3) is 0.400. The van der Waals surface area contributed by atoms with Gasteiger partial charge in [0.05, 0.1) is 16.3 Å². The van der Waals surface area contributed by atoms with Crippen LogP contribution in [-0.4, -0.2) is 4.98 Å². The lowest BCUT2D eigenvalue weighted by Crippen LogP contribution is -2.18. The Labute approximate surface area is 126 Å². The SMILES string of the molecule is Cc1nc(C)c(C(C)NCc2cccc(C(F)(F)F)c2)s1. The van der Waals surface area contributed by atoms with E-state index in [2.05, 4.69) is 10.3 Å². The molecule has 1 atom stereocenters. The number of hydrogen-bond donors (Lipinski definition) is 1. The fourth-order valence-electron chi connectivity index (χ4n) is 2.17. The Morgan fingerprint density at radius 3 is 2.57 bits per heavy atom. The summed E-state index contributed by atoms with van der Waals surface area (Å²) in [7, 11) is 0. The lowest BCUT2D eigenvalue weighted by molar-refractivity contribution is -0.137. The molecule has 1 aromatic carbocycles. The molecule has 1 N–H and O–H groups in total. The van der Waals surface area contributed by atoms with Crippen molar-refractivity contribution in [2.45, 2.75) is 39.5 Å². The van der Waals surface area contributed by atoms with Crippen LogP contribution in [0.2, 0.25) is 0 Å². The van der Waals surface area contributed by atoms with E-state index in [-0.39, 0.29) is 6.04 Å². The number of benzene rings is 1. The summed E-state index contributed by atoms with van der Waals surface area (Å²) in [5, 5.41) is 4.25. The molecule has 0 saturated heterocycles. The number of aromatic nitrogens is 1. The van der Waals surface area contributed by atoms with Crippen LogP contribution in [0.4, 0.5) is 13.2 Å². The van der Waals surface area contributed by atoms with Gasteiger partial charge in [0.15, 0.2) is 0 Å². The van der Waals surface area contributed by atoms with E-state index in [0.29, 0.717) is 12.1 Å². The summed E-state index contributed by atoms with van der Waals surface area (Å²) in [4.78, 5) is 5.49. The van der Waals surface area contributed by atoms with Gasteiger partial charge in [-0.05, 0) is 32.4 Å². The van der Waals surface area contributed by atoms with E-state index in [0.717, 1.165) is 21.6 Å². The molecule has 2 aromatic rings. The van der Waals surface area contributed by atoms with Gasteiger partial charge in [-0.25, -0.2) is 4.98 Å². The molecule has 2 rings (SSSR count). The number of nitrogens with zero attached hydrogens (tertiary/aromatic N) is 1. The van der Waals surface area contributed by atoms with Crippen molar-refractivity contribution in [1.29, 1.82) is 0 Å². The lowest BCUT2D eigenvalue weighted by Gasteiger charge is -2.14. The zero-order valence-corrected chi connectivity index (χ0v) is 12.9. The predicted octanol–water partition coefficient (Wildman–Crippen LogP) is 4.63. The van der Waals surface area contributed by atoms with E-state index in [1.807, 2.05) is 20.8 Å². The first-order chi connectivity index (χ1) is 9.77. The summed E-state index contributed by atoms with van der Waals surface area (Å²) in [6.07, 6.45) is -4.30. The van der Waals surface area contributed by atoms with Gasteiger partial charge in [0.1, 0.15) is 0 Å². The van der Waals surface area contributed by atoms with Crippen molar-refractivity contribution in [3.63, 3.8) is 0 Å². The zero-order valence-electron chi connectivity index (χ0n) is 12.1. The molecular weight excluding hydrogens is 297 g/mol. The smallest absolute Gasteiger partial charge is 0.305 e. The maximum atomic E-state index is 12.7. The van der Waals surface area contributed by atoms with Crippen molar-refractivity contribution in [2.75, 3.05) is 0 Å². The molecule has 114 valence electrons. The number of rotatable bonds is 4. The molecule has 0 saturated carbocycles. The summed E-state index contributed by atoms with van der Waals surface area (Å²) >= 11 is 1.61. The standard InChI is InChI=1S/C15H17F3N2S/c1-9(14-10(2)20-11(3)21-14)19-8-12-5-4-6-13(7-12)15(16,17)18/h4-7,9,19H,8H2,1-3H3. The van der Waals surface area contributed by atoms with Crippen LogP contribution in [0.15, 0.2) is 24.3 Å². The molecule has 0 amide bonds. The summed E-state index contributed by atoms with van der Waals surface area (Å²) in [5.41, 5.74) is 0.983. The highest BCUT2D eigenvalue weighted by molar-refractivity contribution is 7.11. The minimum absolute atomic E-state index is 0.0609. The number of thiazole rings is 1. The van der Waals surface area contributed by atoms with E-state index >= 15 is 0 Å². The van der Waals surface area contributed by atoms with Crippen molar-refractivity contribution in [3.05, 3.63) is 51.0 Å². The summed E-state index contributed by atoms with van der Waals surface area (Å²) in [6.45, 7) is 6.27. The van der Waals surface area contributed by atoms with Crippen LogP contribution in [0.25, 0.3) is 0 Å². The summed E-state index contributed by atoms with van der Waals surface area (Å²) in [6, 6.07) is 5.46.